The number of halogens is 1. The van der Waals surface area contributed by atoms with E-state index in [1.54, 1.807) is 6.33 Å². The molecule has 0 aliphatic carbocycles. The molecule has 4 rings (SSSR count). The van der Waals surface area contributed by atoms with Crippen LogP contribution in [0, 0.1) is 11.3 Å². The first kappa shape index (κ1) is 20.1. The lowest BCUT2D eigenvalue weighted by Gasteiger charge is -2.17. The second-order valence-electron chi connectivity index (χ2n) is 7.43. The standard InChI is InChI=1S/C23H22ClN5O/c24-20-7-5-19(6-8-20)14-28-10-9-22(23(28)30)27-13-21-12-26-16-29(21)15-18-3-1-17(11-25)2-4-18/h1-8,12,16,22,27H,9-10,13-15H2/t22-/m1/s1. The third-order valence-electron chi connectivity index (χ3n) is 5.35. The zero-order valence-corrected chi connectivity index (χ0v) is 17.2. The summed E-state index contributed by atoms with van der Waals surface area (Å²) in [6.07, 6.45) is 4.40. The van der Waals surface area contributed by atoms with Crippen molar-refractivity contribution < 1.29 is 4.79 Å². The van der Waals surface area contributed by atoms with Gasteiger partial charge in [-0.3, -0.25) is 4.79 Å². The lowest BCUT2D eigenvalue weighted by atomic mass is 10.1. The van der Waals surface area contributed by atoms with Gasteiger partial charge in [-0.15, -0.1) is 0 Å². The van der Waals surface area contributed by atoms with Gasteiger partial charge in [0.25, 0.3) is 0 Å². The molecule has 1 atom stereocenters. The van der Waals surface area contributed by atoms with Crippen molar-refractivity contribution in [2.24, 2.45) is 0 Å². The van der Waals surface area contributed by atoms with Crippen LogP contribution in [0.15, 0.2) is 61.1 Å². The van der Waals surface area contributed by atoms with Gasteiger partial charge in [0.15, 0.2) is 0 Å². The molecular weight excluding hydrogens is 398 g/mol. The fourth-order valence-electron chi connectivity index (χ4n) is 3.64. The van der Waals surface area contributed by atoms with E-state index in [4.69, 9.17) is 16.9 Å². The number of benzene rings is 2. The molecule has 1 fully saturated rings. The van der Waals surface area contributed by atoms with Crippen LogP contribution in [0.5, 0.6) is 0 Å². The summed E-state index contributed by atoms with van der Waals surface area (Å²) in [6, 6.07) is 17.1. The number of nitrogens with zero attached hydrogens (tertiary/aromatic N) is 4. The van der Waals surface area contributed by atoms with Crippen LogP contribution in [0.25, 0.3) is 0 Å². The molecule has 1 aliphatic rings. The number of carbonyl (C=O) groups excluding carboxylic acids is 1. The first-order valence-corrected chi connectivity index (χ1v) is 10.2. The third-order valence-corrected chi connectivity index (χ3v) is 5.60. The fourth-order valence-corrected chi connectivity index (χ4v) is 3.77. The lowest BCUT2D eigenvalue weighted by molar-refractivity contribution is -0.129. The highest BCUT2D eigenvalue weighted by Gasteiger charge is 2.31. The normalized spacial score (nSPS) is 16.1. The predicted molar refractivity (Wildman–Crippen MR) is 115 cm³/mol. The molecule has 1 aromatic heterocycles. The number of hydrogen-bond donors (Lipinski definition) is 1. The summed E-state index contributed by atoms with van der Waals surface area (Å²) in [5, 5.41) is 13.0. The van der Waals surface area contributed by atoms with Crippen LogP contribution in [0.3, 0.4) is 0 Å². The average molecular weight is 420 g/mol. The van der Waals surface area contributed by atoms with Gasteiger partial charge in [0.2, 0.25) is 5.91 Å². The Kier molecular flexibility index (Phi) is 6.12. The summed E-state index contributed by atoms with van der Waals surface area (Å²) in [5.74, 6) is 0.128. The van der Waals surface area contributed by atoms with E-state index in [0.29, 0.717) is 30.2 Å². The number of amides is 1. The van der Waals surface area contributed by atoms with Crippen molar-refractivity contribution in [3.05, 3.63) is 88.5 Å². The number of carbonyl (C=O) groups is 1. The Hall–Kier alpha value is -3.14. The van der Waals surface area contributed by atoms with Crippen LogP contribution in [-0.4, -0.2) is 32.9 Å². The number of aromatic nitrogens is 2. The van der Waals surface area contributed by atoms with E-state index in [-0.39, 0.29) is 11.9 Å². The maximum atomic E-state index is 12.8. The Morgan fingerprint density at radius 3 is 2.53 bits per heavy atom. The van der Waals surface area contributed by atoms with Crippen molar-refractivity contribution in [1.29, 1.82) is 5.26 Å². The Morgan fingerprint density at radius 1 is 1.10 bits per heavy atom. The van der Waals surface area contributed by atoms with Crippen molar-refractivity contribution in [1.82, 2.24) is 19.8 Å². The Balaban J connectivity index is 1.33. The van der Waals surface area contributed by atoms with Crippen LogP contribution in [0.2, 0.25) is 5.02 Å². The topological polar surface area (TPSA) is 74.0 Å². The number of rotatable bonds is 7. The first-order valence-electron chi connectivity index (χ1n) is 9.87. The maximum Gasteiger partial charge on any atom is 0.240 e. The SMILES string of the molecule is N#Cc1ccc(Cn2cncc2CN[C@@H]2CCN(Cc3ccc(Cl)cc3)C2=O)cc1. The highest BCUT2D eigenvalue weighted by Crippen LogP contribution is 2.17. The molecule has 30 heavy (non-hydrogen) atoms. The summed E-state index contributed by atoms with van der Waals surface area (Å²) in [6.45, 7) is 2.58. The fraction of sp³-hybridized carbons (Fsp3) is 0.261. The van der Waals surface area contributed by atoms with Crippen LogP contribution in [0.1, 0.15) is 28.8 Å². The quantitative estimate of drug-likeness (QED) is 0.637. The van der Waals surface area contributed by atoms with Crippen molar-refractivity contribution in [3.8, 4) is 6.07 Å². The summed E-state index contributed by atoms with van der Waals surface area (Å²) < 4.78 is 2.05. The van der Waals surface area contributed by atoms with Gasteiger partial charge >= 0.3 is 0 Å². The van der Waals surface area contributed by atoms with Gasteiger partial charge in [0.1, 0.15) is 0 Å². The van der Waals surface area contributed by atoms with E-state index in [2.05, 4.69) is 20.9 Å². The zero-order chi connectivity index (χ0) is 20.9. The molecule has 0 unspecified atom stereocenters. The minimum atomic E-state index is -0.185. The molecule has 1 amide bonds. The molecule has 2 heterocycles. The molecule has 0 spiro atoms. The van der Waals surface area contributed by atoms with E-state index < -0.39 is 0 Å². The largest absolute Gasteiger partial charge is 0.337 e. The van der Waals surface area contributed by atoms with Gasteiger partial charge in [-0.25, -0.2) is 4.98 Å². The Morgan fingerprint density at radius 2 is 1.80 bits per heavy atom. The van der Waals surface area contributed by atoms with Gasteiger partial charge in [-0.2, -0.15) is 5.26 Å². The molecule has 7 heteroatoms. The lowest BCUT2D eigenvalue weighted by Crippen LogP contribution is -2.38. The molecule has 1 aliphatic heterocycles. The number of hydrogen-bond acceptors (Lipinski definition) is 4. The van der Waals surface area contributed by atoms with E-state index in [9.17, 15) is 4.79 Å². The first-order chi connectivity index (χ1) is 14.6. The van der Waals surface area contributed by atoms with Crippen molar-refractivity contribution in [2.45, 2.75) is 32.1 Å². The number of imidazole rings is 1. The maximum absolute atomic E-state index is 12.8. The molecule has 6 nitrogen and oxygen atoms in total. The molecule has 3 aromatic rings. The highest BCUT2D eigenvalue weighted by molar-refractivity contribution is 6.30. The second kappa shape index (κ2) is 9.12. The van der Waals surface area contributed by atoms with Crippen LogP contribution < -0.4 is 5.32 Å². The van der Waals surface area contributed by atoms with Crippen LogP contribution in [-0.2, 0) is 24.4 Å². The molecule has 0 radical (unpaired) electrons. The summed E-state index contributed by atoms with van der Waals surface area (Å²) in [7, 11) is 0. The van der Waals surface area contributed by atoms with E-state index in [1.807, 2.05) is 59.6 Å². The van der Waals surface area contributed by atoms with Gasteiger partial charge in [-0.05, 0) is 41.8 Å². The molecule has 1 saturated heterocycles. The summed E-state index contributed by atoms with van der Waals surface area (Å²) in [5.41, 5.74) is 3.84. The molecule has 0 bridgehead atoms. The summed E-state index contributed by atoms with van der Waals surface area (Å²) >= 11 is 5.94. The van der Waals surface area contributed by atoms with Gasteiger partial charge in [0.05, 0.1) is 29.7 Å². The molecular formula is C23H22ClN5O. The zero-order valence-electron chi connectivity index (χ0n) is 16.5. The number of likely N-dealkylation sites (tertiary alicyclic amines) is 1. The second-order valence-corrected chi connectivity index (χ2v) is 7.87. The predicted octanol–water partition coefficient (Wildman–Crippen LogP) is 3.35. The monoisotopic (exact) mass is 419 g/mol. The average Bonchev–Trinajstić information content (AvgIpc) is 3.35. The number of nitrogens with one attached hydrogen (secondary N) is 1. The van der Waals surface area contributed by atoms with E-state index in [1.165, 1.54) is 0 Å². The minimum absolute atomic E-state index is 0.128. The van der Waals surface area contributed by atoms with Crippen LogP contribution >= 0.6 is 11.6 Å². The molecule has 2 aromatic carbocycles. The Labute approximate surface area is 180 Å². The Bertz CT molecular complexity index is 1050. The third kappa shape index (κ3) is 4.70. The van der Waals surface area contributed by atoms with Gasteiger partial charge in [-0.1, -0.05) is 35.9 Å². The summed E-state index contributed by atoms with van der Waals surface area (Å²) in [4.78, 5) is 18.9. The smallest absolute Gasteiger partial charge is 0.240 e. The van der Waals surface area contributed by atoms with Crippen molar-refractivity contribution in [2.75, 3.05) is 6.54 Å². The van der Waals surface area contributed by atoms with Gasteiger partial charge in [0, 0.05) is 37.4 Å². The minimum Gasteiger partial charge on any atom is -0.337 e. The highest BCUT2D eigenvalue weighted by atomic mass is 35.5. The molecule has 1 N–H and O–H groups in total. The van der Waals surface area contributed by atoms with Crippen LogP contribution in [0.4, 0.5) is 0 Å². The number of nitriles is 1. The van der Waals surface area contributed by atoms with Crippen molar-refractivity contribution in [3.63, 3.8) is 0 Å². The molecule has 0 saturated carbocycles. The van der Waals surface area contributed by atoms with E-state index >= 15 is 0 Å². The van der Waals surface area contributed by atoms with Gasteiger partial charge < -0.3 is 14.8 Å². The molecule has 152 valence electrons. The van der Waals surface area contributed by atoms with E-state index in [0.717, 1.165) is 29.8 Å². The van der Waals surface area contributed by atoms with Crippen molar-refractivity contribution >= 4 is 17.5 Å².